The van der Waals surface area contributed by atoms with Crippen molar-refractivity contribution in [2.75, 3.05) is 0 Å². The first-order valence-corrected chi connectivity index (χ1v) is 9.02. The number of rotatable bonds is 6. The van der Waals surface area contributed by atoms with Gasteiger partial charge in [-0.1, -0.05) is 41.5 Å². The van der Waals surface area contributed by atoms with Crippen molar-refractivity contribution in [2.45, 2.75) is 30.7 Å². The third-order valence-electron chi connectivity index (χ3n) is 2.40. The largest absolute Gasteiger partial charge is 0.392 e. The van der Waals surface area contributed by atoms with Gasteiger partial charge in [-0.15, -0.1) is 0 Å². The maximum Gasteiger partial charge on any atom is 0.242 e. The van der Waals surface area contributed by atoms with Gasteiger partial charge in [0, 0.05) is 8.95 Å². The normalized spacial score (nSPS) is 13.2. The number of nitrogens with one attached hydrogen (secondary N) is 1. The third kappa shape index (κ3) is 4.78. The van der Waals surface area contributed by atoms with Gasteiger partial charge in [-0.05, 0) is 40.5 Å². The van der Waals surface area contributed by atoms with Crippen LogP contribution >= 0.6 is 44.1 Å². The number of halogens is 2. The summed E-state index contributed by atoms with van der Waals surface area (Å²) in [5, 5.41) is 0. The molecule has 8 heteroatoms. The van der Waals surface area contributed by atoms with Gasteiger partial charge in [0.15, 0.2) is 0 Å². The minimum absolute atomic E-state index is 0.150. The molecule has 0 saturated carbocycles. The molecule has 1 atom stereocenters. The molecule has 0 spiro atoms. The van der Waals surface area contributed by atoms with Crippen molar-refractivity contribution in [3.63, 3.8) is 0 Å². The van der Waals surface area contributed by atoms with Gasteiger partial charge in [0.05, 0.1) is 15.9 Å². The molecule has 0 heterocycles. The molecule has 1 unspecified atom stereocenters. The molecule has 0 aromatic heterocycles. The van der Waals surface area contributed by atoms with Crippen LogP contribution in [0.5, 0.6) is 0 Å². The predicted octanol–water partition coefficient (Wildman–Crippen LogP) is 2.94. The number of thiocarbonyl (C=S) groups is 1. The van der Waals surface area contributed by atoms with Crippen LogP contribution in [0.4, 0.5) is 0 Å². The highest BCUT2D eigenvalue weighted by molar-refractivity contribution is 9.11. The average molecular weight is 430 g/mol. The van der Waals surface area contributed by atoms with Crippen molar-refractivity contribution in [1.29, 1.82) is 0 Å². The number of hydrogen-bond donors (Lipinski definition) is 2. The molecule has 3 N–H and O–H groups in total. The molecule has 19 heavy (non-hydrogen) atoms. The highest BCUT2D eigenvalue weighted by Crippen LogP contribution is 2.25. The van der Waals surface area contributed by atoms with Gasteiger partial charge in [-0.25, -0.2) is 13.1 Å². The molecule has 0 saturated heterocycles. The molecule has 0 aliphatic rings. The van der Waals surface area contributed by atoms with E-state index >= 15 is 0 Å². The van der Waals surface area contributed by atoms with Crippen LogP contribution in [0.2, 0.25) is 0 Å². The van der Waals surface area contributed by atoms with Crippen molar-refractivity contribution in [1.82, 2.24) is 4.72 Å². The zero-order valence-electron chi connectivity index (χ0n) is 10.2. The Kier molecular flexibility index (Phi) is 6.38. The molecular formula is C11H14Br2N2O2S2. The monoisotopic (exact) mass is 428 g/mol. The second kappa shape index (κ2) is 7.12. The molecule has 0 aliphatic heterocycles. The van der Waals surface area contributed by atoms with E-state index in [0.717, 1.165) is 6.42 Å². The molecule has 1 rings (SSSR count). The molecule has 1 aromatic rings. The molecule has 0 aliphatic carbocycles. The Morgan fingerprint density at radius 2 is 2.11 bits per heavy atom. The lowest BCUT2D eigenvalue weighted by Gasteiger charge is -2.17. The van der Waals surface area contributed by atoms with E-state index in [9.17, 15) is 8.42 Å². The summed E-state index contributed by atoms with van der Waals surface area (Å²) in [4.78, 5) is 0.302. The van der Waals surface area contributed by atoms with E-state index in [1.54, 1.807) is 12.1 Å². The smallest absolute Gasteiger partial charge is 0.242 e. The highest BCUT2D eigenvalue weighted by atomic mass is 79.9. The maximum absolute atomic E-state index is 12.3. The quantitative estimate of drug-likeness (QED) is 0.682. The topological polar surface area (TPSA) is 72.2 Å². The van der Waals surface area contributed by atoms with Crippen molar-refractivity contribution in [3.05, 3.63) is 27.1 Å². The lowest BCUT2D eigenvalue weighted by molar-refractivity contribution is 0.566. The summed E-state index contributed by atoms with van der Waals surface area (Å²) in [5.41, 5.74) is 5.56. The molecular weight excluding hydrogens is 416 g/mol. The van der Waals surface area contributed by atoms with Crippen molar-refractivity contribution < 1.29 is 8.42 Å². The summed E-state index contributed by atoms with van der Waals surface area (Å²) in [7, 11) is -3.67. The van der Waals surface area contributed by atoms with Gasteiger partial charge in [0.2, 0.25) is 10.0 Å². The first-order chi connectivity index (χ1) is 8.77. The van der Waals surface area contributed by atoms with E-state index in [-0.39, 0.29) is 9.88 Å². The van der Waals surface area contributed by atoms with E-state index in [1.165, 1.54) is 6.07 Å². The Morgan fingerprint density at radius 1 is 1.47 bits per heavy atom. The Bertz CT molecular complexity index is 576. The van der Waals surface area contributed by atoms with Crippen LogP contribution in [0.15, 0.2) is 32.0 Å². The molecule has 0 fully saturated rings. The van der Waals surface area contributed by atoms with Crippen LogP contribution in [0, 0.1) is 0 Å². The lowest BCUT2D eigenvalue weighted by Crippen LogP contribution is -2.43. The molecule has 4 nitrogen and oxygen atoms in total. The van der Waals surface area contributed by atoms with Gasteiger partial charge in [-0.3, -0.25) is 0 Å². The van der Waals surface area contributed by atoms with Gasteiger partial charge in [0.25, 0.3) is 0 Å². The molecule has 0 bridgehead atoms. The Hall–Kier alpha value is -0.0200. The van der Waals surface area contributed by atoms with E-state index in [4.69, 9.17) is 18.0 Å². The zero-order valence-corrected chi connectivity index (χ0v) is 15.0. The summed E-state index contributed by atoms with van der Waals surface area (Å²) in [6, 6.07) is 4.40. The number of hydrogen-bond acceptors (Lipinski definition) is 3. The first kappa shape index (κ1) is 17.0. The van der Waals surface area contributed by atoms with Crippen LogP contribution < -0.4 is 10.5 Å². The summed E-state index contributed by atoms with van der Waals surface area (Å²) in [6.45, 7) is 1.94. The summed E-state index contributed by atoms with van der Waals surface area (Å²) in [5.74, 6) is 0. The van der Waals surface area contributed by atoms with Gasteiger partial charge >= 0.3 is 0 Å². The van der Waals surface area contributed by atoms with Crippen molar-refractivity contribution in [3.8, 4) is 0 Å². The Labute approximate surface area is 135 Å². The van der Waals surface area contributed by atoms with Gasteiger partial charge < -0.3 is 5.73 Å². The highest BCUT2D eigenvalue weighted by Gasteiger charge is 2.23. The van der Waals surface area contributed by atoms with E-state index in [1.807, 2.05) is 6.92 Å². The summed E-state index contributed by atoms with van der Waals surface area (Å²) < 4.78 is 28.3. The minimum atomic E-state index is -3.67. The van der Waals surface area contributed by atoms with Crippen LogP contribution in [0.25, 0.3) is 0 Å². The van der Waals surface area contributed by atoms with E-state index in [0.29, 0.717) is 15.4 Å². The number of sulfonamides is 1. The summed E-state index contributed by atoms with van der Waals surface area (Å²) in [6.07, 6.45) is 1.35. The first-order valence-electron chi connectivity index (χ1n) is 5.54. The molecule has 106 valence electrons. The average Bonchev–Trinajstić information content (AvgIpc) is 2.31. The standard InChI is InChI=1S/C11H14Br2N2O2S2/c1-2-3-9(11(14)18)15-19(16,17)10-6-7(12)4-5-8(10)13/h4-6,9,15H,2-3H2,1H3,(H2,14,18). The Balaban J connectivity index is 3.10. The molecule has 0 radical (unpaired) electrons. The minimum Gasteiger partial charge on any atom is -0.392 e. The van der Waals surface area contributed by atoms with Crippen molar-refractivity contribution in [2.24, 2.45) is 5.73 Å². The van der Waals surface area contributed by atoms with Crippen LogP contribution in [0.3, 0.4) is 0 Å². The Morgan fingerprint density at radius 3 is 2.63 bits per heavy atom. The van der Waals surface area contributed by atoms with Gasteiger partial charge in [0.1, 0.15) is 0 Å². The molecule has 1 aromatic carbocycles. The second-order valence-electron chi connectivity index (χ2n) is 3.94. The molecule has 0 amide bonds. The third-order valence-corrected chi connectivity index (χ3v) is 5.64. The second-order valence-corrected chi connectivity index (χ2v) is 7.86. The SMILES string of the molecule is CCCC(NS(=O)(=O)c1cc(Br)ccc1Br)C(N)=S. The van der Waals surface area contributed by atoms with Gasteiger partial charge in [-0.2, -0.15) is 0 Å². The number of nitrogens with two attached hydrogens (primary N) is 1. The predicted molar refractivity (Wildman–Crippen MR) is 87.6 cm³/mol. The van der Waals surface area contributed by atoms with E-state index < -0.39 is 16.1 Å². The lowest BCUT2D eigenvalue weighted by atomic mass is 10.2. The fourth-order valence-corrected chi connectivity index (χ4v) is 4.48. The zero-order chi connectivity index (χ0) is 14.6. The fourth-order valence-electron chi connectivity index (χ4n) is 1.48. The van der Waals surface area contributed by atoms with Crippen LogP contribution in [-0.2, 0) is 10.0 Å². The van der Waals surface area contributed by atoms with Crippen LogP contribution in [-0.4, -0.2) is 19.4 Å². The van der Waals surface area contributed by atoms with E-state index in [2.05, 4.69) is 36.6 Å². The fraction of sp³-hybridized carbons (Fsp3) is 0.364. The van der Waals surface area contributed by atoms with Crippen LogP contribution in [0.1, 0.15) is 19.8 Å². The summed E-state index contributed by atoms with van der Waals surface area (Å²) >= 11 is 11.4. The number of benzene rings is 1. The van der Waals surface area contributed by atoms with Crippen molar-refractivity contribution >= 4 is 59.1 Å². The maximum atomic E-state index is 12.3.